The summed E-state index contributed by atoms with van der Waals surface area (Å²) in [7, 11) is -3.51. The van der Waals surface area contributed by atoms with Gasteiger partial charge in [0.1, 0.15) is 0 Å². The van der Waals surface area contributed by atoms with Crippen molar-refractivity contribution in [3.63, 3.8) is 0 Å². The van der Waals surface area contributed by atoms with Crippen LogP contribution in [0.25, 0.3) is 0 Å². The predicted octanol–water partition coefficient (Wildman–Crippen LogP) is 3.06. The molecule has 1 aliphatic rings. The molecule has 0 aliphatic carbocycles. The molecule has 1 aromatic rings. The molecule has 4 nitrogen and oxygen atoms in total. The van der Waals surface area contributed by atoms with E-state index in [0.29, 0.717) is 11.4 Å². The molecule has 0 spiro atoms. The third kappa shape index (κ3) is 3.89. The quantitative estimate of drug-likeness (QED) is 0.925. The minimum Gasteiger partial charge on any atom is -0.377 e. The Kier molecular flexibility index (Phi) is 5.00. The van der Waals surface area contributed by atoms with Crippen molar-refractivity contribution in [2.45, 2.75) is 63.9 Å². The number of ether oxygens (including phenoxy) is 1. The fourth-order valence-electron chi connectivity index (χ4n) is 2.62. The van der Waals surface area contributed by atoms with Crippen molar-refractivity contribution in [2.75, 3.05) is 13.2 Å². The second-order valence-corrected chi connectivity index (χ2v) is 8.89. The third-order valence-electron chi connectivity index (χ3n) is 4.30. The number of rotatable bonds is 4. The summed E-state index contributed by atoms with van der Waals surface area (Å²) < 4.78 is 33.5. The number of sulfonamides is 1. The maximum Gasteiger partial charge on any atom is 0.240 e. The zero-order valence-corrected chi connectivity index (χ0v) is 15.0. The Morgan fingerprint density at radius 2 is 1.95 bits per heavy atom. The van der Waals surface area contributed by atoms with Crippen LogP contribution in [0.1, 0.15) is 50.3 Å². The molecule has 0 saturated carbocycles. The Morgan fingerprint density at radius 3 is 2.50 bits per heavy atom. The van der Waals surface area contributed by atoms with Crippen LogP contribution in [0.4, 0.5) is 0 Å². The van der Waals surface area contributed by atoms with Gasteiger partial charge in [0.15, 0.2) is 0 Å². The summed E-state index contributed by atoms with van der Waals surface area (Å²) in [6.07, 6.45) is 1.93. The highest BCUT2D eigenvalue weighted by Gasteiger charge is 2.24. The van der Waals surface area contributed by atoms with Crippen LogP contribution >= 0.6 is 0 Å². The lowest BCUT2D eigenvalue weighted by atomic mass is 9.85. The maximum absolute atomic E-state index is 12.7. The minimum absolute atomic E-state index is 0.00183. The van der Waals surface area contributed by atoms with Crippen molar-refractivity contribution in [3.8, 4) is 0 Å². The SMILES string of the molecule is Cc1cc(C(C)(C)C)cc(S(=O)(=O)NCC2CCCO2)c1C. The zero-order valence-electron chi connectivity index (χ0n) is 14.2. The van der Waals surface area contributed by atoms with Crippen LogP contribution in [0, 0.1) is 13.8 Å². The lowest BCUT2D eigenvalue weighted by molar-refractivity contribution is 0.114. The van der Waals surface area contributed by atoms with Crippen molar-refractivity contribution >= 4 is 10.0 Å². The Labute approximate surface area is 134 Å². The average molecular weight is 325 g/mol. The first-order valence-corrected chi connectivity index (χ1v) is 9.32. The first-order valence-electron chi connectivity index (χ1n) is 7.84. The monoisotopic (exact) mass is 325 g/mol. The summed E-state index contributed by atoms with van der Waals surface area (Å²) in [5.41, 5.74) is 2.77. The number of hydrogen-bond acceptors (Lipinski definition) is 3. The molecular weight excluding hydrogens is 298 g/mol. The Hall–Kier alpha value is -0.910. The van der Waals surface area contributed by atoms with Gasteiger partial charge < -0.3 is 4.74 Å². The second-order valence-electron chi connectivity index (χ2n) is 7.15. The van der Waals surface area contributed by atoms with Gasteiger partial charge >= 0.3 is 0 Å². The van der Waals surface area contributed by atoms with Crippen molar-refractivity contribution in [1.29, 1.82) is 0 Å². The molecule has 1 N–H and O–H groups in total. The van der Waals surface area contributed by atoms with E-state index in [-0.39, 0.29) is 11.5 Å². The standard InChI is InChI=1S/C17H27NO3S/c1-12-9-14(17(3,4)5)10-16(13(12)2)22(19,20)18-11-15-7-6-8-21-15/h9-10,15,18H,6-8,11H2,1-5H3. The van der Waals surface area contributed by atoms with Crippen molar-refractivity contribution in [3.05, 3.63) is 28.8 Å². The predicted molar refractivity (Wildman–Crippen MR) is 88.8 cm³/mol. The summed E-state index contributed by atoms with van der Waals surface area (Å²) in [5, 5.41) is 0. The van der Waals surface area contributed by atoms with Gasteiger partial charge in [-0.15, -0.1) is 0 Å². The molecule has 0 radical (unpaired) electrons. The molecule has 1 heterocycles. The van der Waals surface area contributed by atoms with Gasteiger partial charge in [-0.05, 0) is 54.9 Å². The van der Waals surface area contributed by atoms with E-state index in [0.717, 1.165) is 36.1 Å². The topological polar surface area (TPSA) is 55.4 Å². The highest BCUT2D eigenvalue weighted by molar-refractivity contribution is 7.89. The van der Waals surface area contributed by atoms with E-state index >= 15 is 0 Å². The van der Waals surface area contributed by atoms with Crippen LogP contribution in [-0.2, 0) is 20.2 Å². The molecule has 1 unspecified atom stereocenters. The number of benzene rings is 1. The van der Waals surface area contributed by atoms with Crippen LogP contribution < -0.4 is 4.72 Å². The van der Waals surface area contributed by atoms with Gasteiger partial charge in [-0.25, -0.2) is 13.1 Å². The molecule has 1 atom stereocenters. The molecule has 1 fully saturated rings. The number of aryl methyl sites for hydroxylation is 1. The van der Waals surface area contributed by atoms with Gasteiger partial charge in [0.2, 0.25) is 10.0 Å². The van der Waals surface area contributed by atoms with Gasteiger partial charge in [-0.2, -0.15) is 0 Å². The lowest BCUT2D eigenvalue weighted by Crippen LogP contribution is -2.32. The smallest absolute Gasteiger partial charge is 0.240 e. The van der Waals surface area contributed by atoms with Gasteiger partial charge in [-0.1, -0.05) is 26.8 Å². The summed E-state index contributed by atoms with van der Waals surface area (Å²) in [5.74, 6) is 0. The van der Waals surface area contributed by atoms with E-state index in [9.17, 15) is 8.42 Å². The number of hydrogen-bond donors (Lipinski definition) is 1. The van der Waals surface area contributed by atoms with Crippen LogP contribution in [0.5, 0.6) is 0 Å². The molecule has 0 bridgehead atoms. The van der Waals surface area contributed by atoms with Crippen LogP contribution in [-0.4, -0.2) is 27.7 Å². The maximum atomic E-state index is 12.7. The van der Waals surface area contributed by atoms with E-state index in [4.69, 9.17) is 4.74 Å². The molecule has 124 valence electrons. The summed E-state index contributed by atoms with van der Waals surface area (Å²) in [4.78, 5) is 0.385. The fourth-order valence-corrected chi connectivity index (χ4v) is 4.03. The molecule has 1 aliphatic heterocycles. The van der Waals surface area contributed by atoms with E-state index in [1.54, 1.807) is 6.07 Å². The largest absolute Gasteiger partial charge is 0.377 e. The van der Waals surface area contributed by atoms with Gasteiger partial charge in [0, 0.05) is 13.2 Å². The molecule has 5 heteroatoms. The van der Waals surface area contributed by atoms with E-state index in [1.807, 2.05) is 13.8 Å². The van der Waals surface area contributed by atoms with Gasteiger partial charge in [-0.3, -0.25) is 0 Å². The van der Waals surface area contributed by atoms with Crippen LogP contribution in [0.3, 0.4) is 0 Å². The second kappa shape index (κ2) is 6.30. The molecule has 2 rings (SSSR count). The third-order valence-corrected chi connectivity index (χ3v) is 5.85. The van der Waals surface area contributed by atoms with E-state index in [2.05, 4.69) is 31.6 Å². The lowest BCUT2D eigenvalue weighted by Gasteiger charge is -2.22. The van der Waals surface area contributed by atoms with Crippen molar-refractivity contribution < 1.29 is 13.2 Å². The van der Waals surface area contributed by atoms with Gasteiger partial charge in [0.05, 0.1) is 11.0 Å². The fraction of sp³-hybridized carbons (Fsp3) is 0.647. The normalized spacial score (nSPS) is 19.6. The molecule has 1 saturated heterocycles. The first-order chi connectivity index (χ1) is 10.1. The van der Waals surface area contributed by atoms with Crippen LogP contribution in [0.15, 0.2) is 17.0 Å². The first kappa shape index (κ1) is 17.4. The Morgan fingerprint density at radius 1 is 1.27 bits per heavy atom. The summed E-state index contributed by atoms with van der Waals surface area (Å²) in [6.45, 7) is 11.2. The average Bonchev–Trinajstić information content (AvgIpc) is 2.91. The molecular formula is C17H27NO3S. The highest BCUT2D eigenvalue weighted by atomic mass is 32.2. The van der Waals surface area contributed by atoms with E-state index in [1.165, 1.54) is 0 Å². The molecule has 1 aromatic carbocycles. The van der Waals surface area contributed by atoms with E-state index < -0.39 is 10.0 Å². The Balaban J connectivity index is 2.30. The zero-order chi connectivity index (χ0) is 16.5. The molecule has 0 aromatic heterocycles. The Bertz CT molecular complexity index is 639. The van der Waals surface area contributed by atoms with Crippen molar-refractivity contribution in [1.82, 2.24) is 4.72 Å². The van der Waals surface area contributed by atoms with Crippen molar-refractivity contribution in [2.24, 2.45) is 0 Å². The van der Waals surface area contributed by atoms with Crippen LogP contribution in [0.2, 0.25) is 0 Å². The van der Waals surface area contributed by atoms with Gasteiger partial charge in [0.25, 0.3) is 0 Å². The summed E-state index contributed by atoms with van der Waals surface area (Å²) in [6, 6.07) is 3.88. The number of nitrogens with one attached hydrogen (secondary N) is 1. The highest BCUT2D eigenvalue weighted by Crippen LogP contribution is 2.29. The minimum atomic E-state index is -3.51. The summed E-state index contributed by atoms with van der Waals surface area (Å²) >= 11 is 0. The molecule has 0 amide bonds. The molecule has 22 heavy (non-hydrogen) atoms.